The minimum absolute atomic E-state index is 0.0812. The minimum atomic E-state index is -0.0812. The van der Waals surface area contributed by atoms with E-state index < -0.39 is 0 Å². The molecule has 1 rings (SSSR count). The van der Waals surface area contributed by atoms with Crippen molar-refractivity contribution in [3.05, 3.63) is 29.1 Å². The summed E-state index contributed by atoms with van der Waals surface area (Å²) < 4.78 is 13.6. The minimum Gasteiger partial charge on any atom is -0.330 e. The second-order valence-electron chi connectivity index (χ2n) is 3.66. The smallest absolute Gasteiger partial charge is 0.126 e. The molecule has 0 spiro atoms. The molecule has 1 aromatic rings. The van der Waals surface area contributed by atoms with E-state index in [2.05, 4.69) is 0 Å². The van der Waals surface area contributed by atoms with Crippen molar-refractivity contribution in [1.29, 1.82) is 0 Å². The lowest BCUT2D eigenvalue weighted by Crippen LogP contribution is -2.00. The first-order valence-corrected chi connectivity index (χ1v) is 6.44. The number of unbranched alkanes of at least 4 members (excludes halogenated alkanes) is 1. The first kappa shape index (κ1) is 12.5. The molecule has 0 saturated heterocycles. The van der Waals surface area contributed by atoms with E-state index in [1.165, 1.54) is 4.90 Å². The van der Waals surface area contributed by atoms with E-state index in [0.717, 1.165) is 30.4 Å². The maximum absolute atomic E-state index is 13.6. The number of benzene rings is 1. The van der Waals surface area contributed by atoms with Crippen molar-refractivity contribution in [3.8, 4) is 0 Å². The summed E-state index contributed by atoms with van der Waals surface area (Å²) >= 11 is 1.67. The standard InChI is InChI=1S/C12H18FNS/c1-9-7-11(13)10(5-3-4-6-14)8-12(9)15-2/h7-8H,3-6,14H2,1-2H3. The lowest BCUT2D eigenvalue weighted by molar-refractivity contribution is 0.597. The van der Waals surface area contributed by atoms with Crippen LogP contribution in [-0.2, 0) is 6.42 Å². The highest BCUT2D eigenvalue weighted by Crippen LogP contribution is 2.24. The van der Waals surface area contributed by atoms with Gasteiger partial charge in [-0.05, 0) is 62.2 Å². The van der Waals surface area contributed by atoms with Crippen molar-refractivity contribution < 1.29 is 4.39 Å². The molecule has 1 nitrogen and oxygen atoms in total. The summed E-state index contributed by atoms with van der Waals surface area (Å²) in [6.45, 7) is 2.63. The second kappa shape index (κ2) is 6.13. The SMILES string of the molecule is CSc1cc(CCCCN)c(F)cc1C. The van der Waals surface area contributed by atoms with Gasteiger partial charge in [0.05, 0.1) is 0 Å². The van der Waals surface area contributed by atoms with E-state index in [0.29, 0.717) is 6.54 Å². The Bertz CT molecular complexity index is 326. The van der Waals surface area contributed by atoms with E-state index >= 15 is 0 Å². The van der Waals surface area contributed by atoms with Crippen LogP contribution in [0.3, 0.4) is 0 Å². The zero-order valence-electron chi connectivity index (χ0n) is 9.35. The van der Waals surface area contributed by atoms with E-state index in [1.807, 2.05) is 19.2 Å². The Morgan fingerprint density at radius 1 is 1.33 bits per heavy atom. The largest absolute Gasteiger partial charge is 0.330 e. The van der Waals surface area contributed by atoms with Crippen LogP contribution in [0, 0.1) is 12.7 Å². The third-order valence-corrected chi connectivity index (χ3v) is 3.34. The highest BCUT2D eigenvalue weighted by atomic mass is 32.2. The third-order valence-electron chi connectivity index (χ3n) is 2.46. The molecule has 3 heteroatoms. The summed E-state index contributed by atoms with van der Waals surface area (Å²) in [7, 11) is 0. The van der Waals surface area contributed by atoms with Crippen molar-refractivity contribution in [1.82, 2.24) is 0 Å². The van der Waals surface area contributed by atoms with Crippen LogP contribution in [0.2, 0.25) is 0 Å². The Balaban J connectivity index is 2.78. The van der Waals surface area contributed by atoms with Crippen LogP contribution in [0.4, 0.5) is 4.39 Å². The van der Waals surface area contributed by atoms with Gasteiger partial charge in [0.1, 0.15) is 5.82 Å². The lowest BCUT2D eigenvalue weighted by Gasteiger charge is -2.08. The van der Waals surface area contributed by atoms with E-state index in [-0.39, 0.29) is 5.82 Å². The number of hydrogen-bond acceptors (Lipinski definition) is 2. The zero-order chi connectivity index (χ0) is 11.3. The average Bonchev–Trinajstić information content (AvgIpc) is 2.21. The summed E-state index contributed by atoms with van der Waals surface area (Å²) in [5.41, 5.74) is 7.25. The number of nitrogens with two attached hydrogens (primary N) is 1. The molecule has 0 radical (unpaired) electrons. The Hall–Kier alpha value is -0.540. The molecule has 0 amide bonds. The first-order chi connectivity index (χ1) is 7.19. The van der Waals surface area contributed by atoms with Gasteiger partial charge in [0.25, 0.3) is 0 Å². The second-order valence-corrected chi connectivity index (χ2v) is 4.51. The van der Waals surface area contributed by atoms with Gasteiger partial charge in [-0.15, -0.1) is 11.8 Å². The monoisotopic (exact) mass is 227 g/mol. The number of rotatable bonds is 5. The Kier molecular flexibility index (Phi) is 5.12. The molecule has 0 aliphatic heterocycles. The van der Waals surface area contributed by atoms with Crippen LogP contribution >= 0.6 is 11.8 Å². The van der Waals surface area contributed by atoms with E-state index in [1.54, 1.807) is 17.8 Å². The fourth-order valence-corrected chi connectivity index (χ4v) is 2.21. The number of thioether (sulfide) groups is 1. The lowest BCUT2D eigenvalue weighted by atomic mass is 10.1. The van der Waals surface area contributed by atoms with Gasteiger partial charge in [0.15, 0.2) is 0 Å². The molecular formula is C12H18FNS. The molecule has 0 saturated carbocycles. The molecule has 0 heterocycles. The Morgan fingerprint density at radius 2 is 2.07 bits per heavy atom. The normalized spacial score (nSPS) is 10.7. The van der Waals surface area contributed by atoms with Gasteiger partial charge in [-0.2, -0.15) is 0 Å². The summed E-state index contributed by atoms with van der Waals surface area (Å²) in [6.07, 6.45) is 4.73. The number of hydrogen-bond donors (Lipinski definition) is 1. The fraction of sp³-hybridized carbons (Fsp3) is 0.500. The van der Waals surface area contributed by atoms with Crippen LogP contribution in [0.15, 0.2) is 17.0 Å². The highest BCUT2D eigenvalue weighted by molar-refractivity contribution is 7.98. The maximum atomic E-state index is 13.6. The molecule has 1 aromatic carbocycles. The fourth-order valence-electron chi connectivity index (χ4n) is 1.57. The predicted octanol–water partition coefficient (Wildman–Crippen LogP) is 3.14. The molecule has 2 N–H and O–H groups in total. The summed E-state index contributed by atoms with van der Waals surface area (Å²) in [4.78, 5) is 1.17. The van der Waals surface area contributed by atoms with Gasteiger partial charge < -0.3 is 5.73 Å². The predicted molar refractivity (Wildman–Crippen MR) is 64.9 cm³/mol. The summed E-state index contributed by atoms with van der Waals surface area (Å²) in [5, 5.41) is 0. The maximum Gasteiger partial charge on any atom is 0.126 e. The third kappa shape index (κ3) is 3.50. The van der Waals surface area contributed by atoms with Crippen LogP contribution in [0.5, 0.6) is 0 Å². The van der Waals surface area contributed by atoms with Crippen LogP contribution in [0.25, 0.3) is 0 Å². The van der Waals surface area contributed by atoms with Gasteiger partial charge >= 0.3 is 0 Å². The topological polar surface area (TPSA) is 26.0 Å². The molecule has 0 aliphatic carbocycles. The molecule has 0 bridgehead atoms. The Labute approximate surface area is 95.2 Å². The highest BCUT2D eigenvalue weighted by Gasteiger charge is 2.06. The number of aryl methyl sites for hydroxylation is 2. The van der Waals surface area contributed by atoms with Crippen molar-refractivity contribution in [2.45, 2.75) is 31.1 Å². The molecule has 15 heavy (non-hydrogen) atoms. The molecule has 0 aromatic heterocycles. The van der Waals surface area contributed by atoms with Gasteiger partial charge in [-0.25, -0.2) is 4.39 Å². The van der Waals surface area contributed by atoms with E-state index in [4.69, 9.17) is 5.73 Å². The van der Waals surface area contributed by atoms with E-state index in [9.17, 15) is 4.39 Å². The van der Waals surface area contributed by atoms with Crippen molar-refractivity contribution >= 4 is 11.8 Å². The summed E-state index contributed by atoms with van der Waals surface area (Å²) in [6, 6.07) is 3.59. The molecular weight excluding hydrogens is 209 g/mol. The van der Waals surface area contributed by atoms with Gasteiger partial charge in [-0.1, -0.05) is 0 Å². The number of halogens is 1. The van der Waals surface area contributed by atoms with Crippen LogP contribution in [-0.4, -0.2) is 12.8 Å². The average molecular weight is 227 g/mol. The molecule has 84 valence electrons. The van der Waals surface area contributed by atoms with Crippen LogP contribution < -0.4 is 5.73 Å². The van der Waals surface area contributed by atoms with Crippen molar-refractivity contribution in [3.63, 3.8) is 0 Å². The van der Waals surface area contributed by atoms with Crippen molar-refractivity contribution in [2.24, 2.45) is 5.73 Å². The Morgan fingerprint density at radius 3 is 2.67 bits per heavy atom. The molecule has 0 fully saturated rings. The zero-order valence-corrected chi connectivity index (χ0v) is 10.2. The van der Waals surface area contributed by atoms with Gasteiger partial charge in [-0.3, -0.25) is 0 Å². The molecule has 0 aliphatic rings. The van der Waals surface area contributed by atoms with Crippen molar-refractivity contribution in [2.75, 3.05) is 12.8 Å². The first-order valence-electron chi connectivity index (χ1n) is 5.22. The summed E-state index contributed by atoms with van der Waals surface area (Å²) in [5.74, 6) is -0.0812. The van der Waals surface area contributed by atoms with Gasteiger partial charge in [0.2, 0.25) is 0 Å². The van der Waals surface area contributed by atoms with Crippen LogP contribution in [0.1, 0.15) is 24.0 Å². The molecule has 0 atom stereocenters. The van der Waals surface area contributed by atoms with Gasteiger partial charge in [0, 0.05) is 4.90 Å². The molecule has 0 unspecified atom stereocenters. The quantitative estimate of drug-likeness (QED) is 0.618.